The van der Waals surface area contributed by atoms with Gasteiger partial charge in [0.2, 0.25) is 0 Å². The van der Waals surface area contributed by atoms with E-state index >= 15 is 0 Å². The third kappa shape index (κ3) is 4.43. The lowest BCUT2D eigenvalue weighted by molar-refractivity contribution is 0.244. The minimum Gasteiger partial charge on any atom is -0.463 e. The standard InChI is InChI=1S/C21H24N4O5S/c1-14-12-16(9-10-17(14)23-20(26)22-15-6-3-2-4-7-15)31(28,29)25-13-18(24-21(25)27)19-8-5-11-30-19/h5,8-13,15H,2-4,6-7H2,1H3,(H,24,27)(H2,22,23,26). The van der Waals surface area contributed by atoms with Crippen molar-refractivity contribution in [1.29, 1.82) is 0 Å². The molecule has 0 radical (unpaired) electrons. The summed E-state index contributed by atoms with van der Waals surface area (Å²) in [6, 6.07) is 7.42. The van der Waals surface area contributed by atoms with Crippen molar-refractivity contribution in [3.8, 4) is 11.5 Å². The van der Waals surface area contributed by atoms with E-state index < -0.39 is 15.7 Å². The van der Waals surface area contributed by atoms with Crippen molar-refractivity contribution in [1.82, 2.24) is 14.3 Å². The highest BCUT2D eigenvalue weighted by atomic mass is 32.2. The second-order valence-corrected chi connectivity index (χ2v) is 9.48. The number of rotatable bonds is 5. The smallest absolute Gasteiger partial charge is 0.340 e. The van der Waals surface area contributed by atoms with Crippen LogP contribution in [0.5, 0.6) is 0 Å². The van der Waals surface area contributed by atoms with E-state index in [1.807, 2.05) is 0 Å². The molecule has 3 aromatic rings. The average molecular weight is 445 g/mol. The van der Waals surface area contributed by atoms with Crippen LogP contribution in [0.4, 0.5) is 10.5 Å². The number of hydrogen-bond donors (Lipinski definition) is 3. The molecule has 1 aromatic carbocycles. The van der Waals surface area contributed by atoms with Gasteiger partial charge in [0.25, 0.3) is 10.0 Å². The van der Waals surface area contributed by atoms with Crippen molar-refractivity contribution >= 4 is 21.7 Å². The third-order valence-corrected chi connectivity index (χ3v) is 7.06. The van der Waals surface area contributed by atoms with E-state index in [0.717, 1.165) is 25.7 Å². The molecule has 2 heterocycles. The number of carbonyl (C=O) groups is 1. The van der Waals surface area contributed by atoms with Crippen molar-refractivity contribution < 1.29 is 17.6 Å². The number of hydrogen-bond acceptors (Lipinski definition) is 5. The first-order chi connectivity index (χ1) is 14.8. The van der Waals surface area contributed by atoms with Crippen LogP contribution in [0.25, 0.3) is 11.5 Å². The van der Waals surface area contributed by atoms with Crippen LogP contribution in [0.2, 0.25) is 0 Å². The topological polar surface area (TPSA) is 126 Å². The zero-order valence-corrected chi connectivity index (χ0v) is 17.9. The summed E-state index contributed by atoms with van der Waals surface area (Å²) < 4.78 is 31.8. The first kappa shape index (κ1) is 21.0. The summed E-state index contributed by atoms with van der Waals surface area (Å²) in [6.07, 6.45) is 7.97. The number of H-pyrrole nitrogens is 1. The molecule has 31 heavy (non-hydrogen) atoms. The van der Waals surface area contributed by atoms with Crippen molar-refractivity contribution in [2.45, 2.75) is 50.0 Å². The van der Waals surface area contributed by atoms with Gasteiger partial charge in [0.15, 0.2) is 5.76 Å². The molecule has 0 aliphatic heterocycles. The van der Waals surface area contributed by atoms with Crippen molar-refractivity contribution in [2.24, 2.45) is 0 Å². The highest BCUT2D eigenvalue weighted by Gasteiger charge is 2.23. The van der Waals surface area contributed by atoms with Gasteiger partial charge in [-0.3, -0.25) is 0 Å². The summed E-state index contributed by atoms with van der Waals surface area (Å²) in [5, 5.41) is 5.74. The molecule has 10 heteroatoms. The molecule has 164 valence electrons. The number of furan rings is 1. The fourth-order valence-electron chi connectivity index (χ4n) is 3.76. The normalized spacial score (nSPS) is 15.0. The minimum atomic E-state index is -4.13. The number of aryl methyl sites for hydroxylation is 1. The lowest BCUT2D eigenvalue weighted by Crippen LogP contribution is -2.39. The van der Waals surface area contributed by atoms with Gasteiger partial charge < -0.3 is 20.0 Å². The van der Waals surface area contributed by atoms with Gasteiger partial charge >= 0.3 is 11.7 Å². The minimum absolute atomic E-state index is 0.0599. The Bertz CT molecular complexity index is 1240. The predicted octanol–water partition coefficient (Wildman–Crippen LogP) is 3.44. The average Bonchev–Trinajstić information content (AvgIpc) is 3.40. The van der Waals surface area contributed by atoms with Crippen LogP contribution in [0.15, 0.2) is 56.9 Å². The van der Waals surface area contributed by atoms with E-state index in [-0.39, 0.29) is 22.7 Å². The van der Waals surface area contributed by atoms with Crippen LogP contribution in [-0.4, -0.2) is 29.4 Å². The summed E-state index contributed by atoms with van der Waals surface area (Å²) in [6.45, 7) is 1.70. The highest BCUT2D eigenvalue weighted by molar-refractivity contribution is 7.90. The van der Waals surface area contributed by atoms with E-state index in [2.05, 4.69) is 15.6 Å². The van der Waals surface area contributed by atoms with E-state index in [9.17, 15) is 18.0 Å². The van der Waals surface area contributed by atoms with Gasteiger partial charge in [-0.05, 0) is 55.7 Å². The maximum Gasteiger partial charge on any atom is 0.340 e. The number of benzene rings is 1. The van der Waals surface area contributed by atoms with Crippen molar-refractivity contribution in [2.75, 3.05) is 5.32 Å². The molecule has 9 nitrogen and oxygen atoms in total. The quantitative estimate of drug-likeness (QED) is 0.556. The van der Waals surface area contributed by atoms with Crippen molar-refractivity contribution in [3.63, 3.8) is 0 Å². The zero-order chi connectivity index (χ0) is 22.0. The molecule has 0 atom stereocenters. The molecule has 2 aromatic heterocycles. The number of amides is 2. The Hall–Kier alpha value is -3.27. The van der Waals surface area contributed by atoms with Crippen LogP contribution < -0.4 is 16.3 Å². The molecule has 2 amide bonds. The van der Waals surface area contributed by atoms with E-state index in [0.29, 0.717) is 21.0 Å². The first-order valence-electron chi connectivity index (χ1n) is 10.1. The van der Waals surface area contributed by atoms with E-state index in [1.54, 1.807) is 19.1 Å². The maximum absolute atomic E-state index is 13.0. The van der Waals surface area contributed by atoms with E-state index in [1.165, 1.54) is 37.1 Å². The summed E-state index contributed by atoms with van der Waals surface area (Å²) in [5.41, 5.74) is 0.533. The molecule has 1 aliphatic carbocycles. The second kappa shape index (κ2) is 8.46. The number of urea groups is 1. The molecule has 0 bridgehead atoms. The molecule has 3 N–H and O–H groups in total. The lowest BCUT2D eigenvalue weighted by atomic mass is 9.96. The molecule has 0 unspecified atom stereocenters. The number of nitrogens with zero attached hydrogens (tertiary/aromatic N) is 1. The van der Waals surface area contributed by atoms with Crippen LogP contribution in [-0.2, 0) is 10.0 Å². The molecule has 1 fully saturated rings. The van der Waals surface area contributed by atoms with E-state index in [4.69, 9.17) is 4.42 Å². The number of aromatic nitrogens is 2. The Kier molecular flexibility index (Phi) is 5.73. The van der Waals surface area contributed by atoms with Crippen LogP contribution >= 0.6 is 0 Å². The Morgan fingerprint density at radius 2 is 1.97 bits per heavy atom. The molecule has 4 rings (SSSR count). The van der Waals surface area contributed by atoms with Gasteiger partial charge in [-0.15, -0.1) is 0 Å². The van der Waals surface area contributed by atoms with Gasteiger partial charge in [-0.25, -0.2) is 18.0 Å². The SMILES string of the molecule is Cc1cc(S(=O)(=O)n2cc(-c3ccco3)[nH]c2=O)ccc1NC(=O)NC1CCCCC1. The van der Waals surface area contributed by atoms with Gasteiger partial charge in [0.1, 0.15) is 5.69 Å². The first-order valence-corrected chi connectivity index (χ1v) is 11.6. The number of nitrogens with one attached hydrogen (secondary N) is 3. The molecular formula is C21H24N4O5S. The van der Waals surface area contributed by atoms with Gasteiger partial charge in [0, 0.05) is 11.7 Å². The van der Waals surface area contributed by atoms with Crippen molar-refractivity contribution in [3.05, 3.63) is 58.8 Å². The number of carbonyl (C=O) groups excluding carboxylic acids is 1. The lowest BCUT2D eigenvalue weighted by Gasteiger charge is -2.23. The Morgan fingerprint density at radius 3 is 2.65 bits per heavy atom. The largest absolute Gasteiger partial charge is 0.463 e. The van der Waals surface area contributed by atoms with Crippen LogP contribution in [0.3, 0.4) is 0 Å². The second-order valence-electron chi connectivity index (χ2n) is 7.66. The van der Waals surface area contributed by atoms with Gasteiger partial charge in [0.05, 0.1) is 17.4 Å². The summed E-state index contributed by atoms with van der Waals surface area (Å²) in [4.78, 5) is 27.0. The maximum atomic E-state index is 13.0. The monoisotopic (exact) mass is 444 g/mol. The Labute approximate surface area is 179 Å². The predicted molar refractivity (Wildman–Crippen MR) is 116 cm³/mol. The van der Waals surface area contributed by atoms with Crippen LogP contribution in [0, 0.1) is 6.92 Å². The highest BCUT2D eigenvalue weighted by Crippen LogP contribution is 2.23. The zero-order valence-electron chi connectivity index (χ0n) is 17.1. The summed E-state index contributed by atoms with van der Waals surface area (Å²) >= 11 is 0. The third-order valence-electron chi connectivity index (χ3n) is 5.42. The summed E-state index contributed by atoms with van der Waals surface area (Å²) in [5.74, 6) is 0.353. The number of aromatic amines is 1. The van der Waals surface area contributed by atoms with Gasteiger partial charge in [-0.2, -0.15) is 3.97 Å². The molecular weight excluding hydrogens is 420 g/mol. The Morgan fingerprint density at radius 1 is 1.19 bits per heavy atom. The van der Waals surface area contributed by atoms with Crippen LogP contribution in [0.1, 0.15) is 37.7 Å². The number of anilines is 1. The molecule has 0 saturated heterocycles. The fraction of sp³-hybridized carbons (Fsp3) is 0.333. The fourth-order valence-corrected chi connectivity index (χ4v) is 5.06. The summed E-state index contributed by atoms with van der Waals surface area (Å²) in [7, 11) is -4.13. The Balaban J connectivity index is 1.53. The molecule has 1 saturated carbocycles. The molecule has 1 aliphatic rings. The number of imidazole rings is 1. The van der Waals surface area contributed by atoms with Gasteiger partial charge in [-0.1, -0.05) is 19.3 Å². The molecule has 0 spiro atoms.